The molecule has 1 unspecified atom stereocenters. The molecule has 4 rings (SSSR count). The summed E-state index contributed by atoms with van der Waals surface area (Å²) in [5.74, 6) is 0.567. The molecule has 0 N–H and O–H groups in total. The zero-order valence-electron chi connectivity index (χ0n) is 14.0. The fourth-order valence-corrected chi connectivity index (χ4v) is 3.82. The van der Waals surface area contributed by atoms with Crippen LogP contribution >= 0.6 is 0 Å². The first-order valence-corrected chi connectivity index (χ1v) is 8.50. The number of nitrogens with zero attached hydrogens (tertiary/aromatic N) is 4. The Morgan fingerprint density at radius 3 is 2.48 bits per heavy atom. The Morgan fingerprint density at radius 1 is 1.04 bits per heavy atom. The summed E-state index contributed by atoms with van der Waals surface area (Å²) in [6.45, 7) is 4.68. The molecule has 0 radical (unpaired) electrons. The van der Waals surface area contributed by atoms with Gasteiger partial charge in [-0.1, -0.05) is 0 Å². The van der Waals surface area contributed by atoms with E-state index < -0.39 is 5.82 Å². The van der Waals surface area contributed by atoms with E-state index in [4.69, 9.17) is 4.74 Å². The molecule has 0 amide bonds. The summed E-state index contributed by atoms with van der Waals surface area (Å²) in [7, 11) is 0. The second-order valence-corrected chi connectivity index (χ2v) is 6.63. The molecule has 132 valence electrons. The molecule has 1 aromatic carbocycles. The average Bonchev–Trinajstić information content (AvgIpc) is 3.02. The van der Waals surface area contributed by atoms with Gasteiger partial charge < -0.3 is 9.64 Å². The summed E-state index contributed by atoms with van der Waals surface area (Å²) in [5.41, 5.74) is 0. The van der Waals surface area contributed by atoms with E-state index in [1.807, 2.05) is 0 Å². The summed E-state index contributed by atoms with van der Waals surface area (Å²) in [5, 5.41) is 0. The standard InChI is InChI=1S/C18H20F2N4O/c1-12-17-8-16(25-15-4-2-13(19)3-5-15)11-23(17)6-7-24(12)18-21-9-14(20)10-22-18/h2-5,9-10,12,16-17H,6-8,11H2,1H3/t12?,16-,17-/m0/s1. The second kappa shape index (κ2) is 6.55. The summed E-state index contributed by atoms with van der Waals surface area (Å²) in [6, 6.07) is 6.68. The van der Waals surface area contributed by atoms with Gasteiger partial charge >= 0.3 is 0 Å². The third-order valence-electron chi connectivity index (χ3n) is 5.07. The molecular formula is C18H20F2N4O. The van der Waals surface area contributed by atoms with Gasteiger partial charge in [0.1, 0.15) is 17.7 Å². The van der Waals surface area contributed by atoms with Gasteiger partial charge in [0.15, 0.2) is 5.82 Å². The van der Waals surface area contributed by atoms with Crippen LogP contribution in [0.15, 0.2) is 36.7 Å². The molecule has 2 saturated heterocycles. The molecule has 5 nitrogen and oxygen atoms in total. The molecule has 3 atom stereocenters. The topological polar surface area (TPSA) is 41.5 Å². The third-order valence-corrected chi connectivity index (χ3v) is 5.07. The van der Waals surface area contributed by atoms with E-state index in [9.17, 15) is 8.78 Å². The number of hydrogen-bond donors (Lipinski definition) is 0. The zero-order valence-corrected chi connectivity index (χ0v) is 14.0. The van der Waals surface area contributed by atoms with Crippen molar-refractivity contribution >= 4 is 5.95 Å². The van der Waals surface area contributed by atoms with Crippen LogP contribution < -0.4 is 9.64 Å². The lowest BCUT2D eigenvalue weighted by Crippen LogP contribution is -2.56. The molecule has 0 spiro atoms. The van der Waals surface area contributed by atoms with Crippen LogP contribution in [-0.4, -0.2) is 52.7 Å². The predicted octanol–water partition coefficient (Wildman–Crippen LogP) is 2.49. The number of ether oxygens (including phenoxy) is 1. The van der Waals surface area contributed by atoms with Crippen molar-refractivity contribution in [3.8, 4) is 5.75 Å². The van der Waals surface area contributed by atoms with Crippen LogP contribution in [0.4, 0.5) is 14.7 Å². The maximum absolute atomic E-state index is 13.1. The third kappa shape index (κ3) is 3.28. The summed E-state index contributed by atoms with van der Waals surface area (Å²) in [4.78, 5) is 12.8. The van der Waals surface area contributed by atoms with E-state index in [-0.39, 0.29) is 18.0 Å². The summed E-state index contributed by atoms with van der Waals surface area (Å²) >= 11 is 0. The number of halogens is 2. The minimum atomic E-state index is -0.427. The van der Waals surface area contributed by atoms with E-state index in [0.29, 0.717) is 17.7 Å². The minimum Gasteiger partial charge on any atom is -0.489 e. The van der Waals surface area contributed by atoms with Crippen LogP contribution in [0.1, 0.15) is 13.3 Å². The van der Waals surface area contributed by atoms with E-state index in [2.05, 4.69) is 26.7 Å². The Hall–Kier alpha value is -2.28. The molecule has 2 aliphatic heterocycles. The largest absolute Gasteiger partial charge is 0.489 e. The predicted molar refractivity (Wildman–Crippen MR) is 89.6 cm³/mol. The van der Waals surface area contributed by atoms with E-state index >= 15 is 0 Å². The maximum Gasteiger partial charge on any atom is 0.225 e. The number of piperazine rings is 1. The van der Waals surface area contributed by atoms with Crippen molar-refractivity contribution in [3.63, 3.8) is 0 Å². The van der Waals surface area contributed by atoms with Crippen LogP contribution in [0, 0.1) is 11.6 Å². The lowest BCUT2D eigenvalue weighted by atomic mass is 10.0. The Labute approximate surface area is 145 Å². The highest BCUT2D eigenvalue weighted by atomic mass is 19.1. The van der Waals surface area contributed by atoms with E-state index in [1.165, 1.54) is 24.5 Å². The average molecular weight is 346 g/mol. The van der Waals surface area contributed by atoms with Gasteiger partial charge in [0.05, 0.1) is 12.4 Å². The first-order valence-electron chi connectivity index (χ1n) is 8.50. The number of aromatic nitrogens is 2. The van der Waals surface area contributed by atoms with Gasteiger partial charge in [-0.3, -0.25) is 4.90 Å². The molecule has 3 heterocycles. The lowest BCUT2D eigenvalue weighted by Gasteiger charge is -2.42. The molecule has 1 aromatic heterocycles. The molecule has 2 fully saturated rings. The van der Waals surface area contributed by atoms with Crippen molar-refractivity contribution in [1.82, 2.24) is 14.9 Å². The normalized spacial score (nSPS) is 26.5. The Morgan fingerprint density at radius 2 is 1.76 bits per heavy atom. The van der Waals surface area contributed by atoms with Crippen LogP contribution in [0.25, 0.3) is 0 Å². The second-order valence-electron chi connectivity index (χ2n) is 6.63. The highest BCUT2D eigenvalue weighted by Gasteiger charge is 2.42. The monoisotopic (exact) mass is 346 g/mol. The highest BCUT2D eigenvalue weighted by Crippen LogP contribution is 2.31. The van der Waals surface area contributed by atoms with Crippen molar-refractivity contribution in [2.45, 2.75) is 31.5 Å². The fraction of sp³-hybridized carbons (Fsp3) is 0.444. The Bertz CT molecular complexity index is 725. The number of benzene rings is 1. The molecule has 7 heteroatoms. The maximum atomic E-state index is 13.1. The summed E-state index contributed by atoms with van der Waals surface area (Å²) < 4.78 is 32.1. The van der Waals surface area contributed by atoms with Crippen molar-refractivity contribution in [2.75, 3.05) is 24.5 Å². The van der Waals surface area contributed by atoms with Crippen LogP contribution in [0.2, 0.25) is 0 Å². The van der Waals surface area contributed by atoms with Crippen LogP contribution in [0.5, 0.6) is 5.75 Å². The lowest BCUT2D eigenvalue weighted by molar-refractivity contribution is 0.179. The van der Waals surface area contributed by atoms with Crippen molar-refractivity contribution < 1.29 is 13.5 Å². The van der Waals surface area contributed by atoms with Gasteiger partial charge in [-0.2, -0.15) is 0 Å². The van der Waals surface area contributed by atoms with E-state index in [1.54, 1.807) is 12.1 Å². The number of rotatable bonds is 3. The fourth-order valence-electron chi connectivity index (χ4n) is 3.82. The SMILES string of the molecule is CC1[C@@H]2C[C@H](Oc3ccc(F)cc3)CN2CCN1c1ncc(F)cn1. The van der Waals surface area contributed by atoms with Crippen LogP contribution in [0.3, 0.4) is 0 Å². The number of anilines is 1. The van der Waals surface area contributed by atoms with Gasteiger partial charge in [-0.25, -0.2) is 18.7 Å². The summed E-state index contributed by atoms with van der Waals surface area (Å²) in [6.07, 6.45) is 3.37. The van der Waals surface area contributed by atoms with Gasteiger partial charge in [0.2, 0.25) is 5.95 Å². The van der Waals surface area contributed by atoms with Crippen molar-refractivity contribution in [3.05, 3.63) is 48.3 Å². The van der Waals surface area contributed by atoms with E-state index in [0.717, 1.165) is 26.1 Å². The van der Waals surface area contributed by atoms with Crippen LogP contribution in [-0.2, 0) is 0 Å². The van der Waals surface area contributed by atoms with Crippen molar-refractivity contribution in [1.29, 1.82) is 0 Å². The van der Waals surface area contributed by atoms with Gasteiger partial charge in [0.25, 0.3) is 0 Å². The van der Waals surface area contributed by atoms with Gasteiger partial charge in [-0.05, 0) is 31.2 Å². The molecule has 0 aliphatic carbocycles. The molecular weight excluding hydrogens is 326 g/mol. The Kier molecular flexibility index (Phi) is 4.25. The first kappa shape index (κ1) is 16.2. The molecule has 0 bridgehead atoms. The van der Waals surface area contributed by atoms with Gasteiger partial charge in [0, 0.05) is 38.1 Å². The number of hydrogen-bond acceptors (Lipinski definition) is 5. The molecule has 25 heavy (non-hydrogen) atoms. The van der Waals surface area contributed by atoms with Gasteiger partial charge in [-0.15, -0.1) is 0 Å². The number of fused-ring (bicyclic) bond motifs is 1. The Balaban J connectivity index is 1.44. The molecule has 2 aliphatic rings. The highest BCUT2D eigenvalue weighted by molar-refractivity contribution is 5.33. The first-order chi connectivity index (χ1) is 12.1. The quantitative estimate of drug-likeness (QED) is 0.854. The molecule has 2 aromatic rings. The minimum absolute atomic E-state index is 0.0759. The molecule has 0 saturated carbocycles. The van der Waals surface area contributed by atoms with Crippen molar-refractivity contribution in [2.24, 2.45) is 0 Å². The zero-order chi connectivity index (χ0) is 17.4. The smallest absolute Gasteiger partial charge is 0.225 e.